The molecule has 0 aromatic heterocycles. The number of alkyl carbamates (subject to hydrolysis) is 1. The lowest BCUT2D eigenvalue weighted by molar-refractivity contribution is -0.142. The van der Waals surface area contributed by atoms with Gasteiger partial charge in [-0.2, -0.15) is 0 Å². The summed E-state index contributed by atoms with van der Waals surface area (Å²) in [5, 5.41) is 5.43. The van der Waals surface area contributed by atoms with Crippen LogP contribution >= 0.6 is 0 Å². The molecule has 7 heteroatoms. The molecule has 0 bridgehead atoms. The topological polar surface area (TPSA) is 93.7 Å². The number of hydrogen-bond donors (Lipinski definition) is 2. The number of rotatable bonds is 7. The van der Waals surface area contributed by atoms with Gasteiger partial charge in [0.15, 0.2) is 0 Å². The number of hydrogen-bond acceptors (Lipinski definition) is 5. The lowest BCUT2D eigenvalue weighted by Gasteiger charge is -2.28. The highest BCUT2D eigenvalue weighted by molar-refractivity contribution is 5.91. The molecule has 1 aliphatic carbocycles. The molecule has 1 aromatic rings. The molecule has 0 spiro atoms. The molecule has 0 aliphatic heterocycles. The molecule has 0 unspecified atom stereocenters. The lowest BCUT2D eigenvalue weighted by Crippen LogP contribution is -2.34. The average Bonchev–Trinajstić information content (AvgIpc) is 2.66. The summed E-state index contributed by atoms with van der Waals surface area (Å²) in [5.41, 5.74) is 1.45. The van der Waals surface area contributed by atoms with E-state index in [-0.39, 0.29) is 24.8 Å². The Kier molecular flexibility index (Phi) is 8.69. The van der Waals surface area contributed by atoms with E-state index in [1.807, 2.05) is 12.1 Å². The maximum absolute atomic E-state index is 12.1. The van der Waals surface area contributed by atoms with Crippen molar-refractivity contribution in [1.29, 1.82) is 0 Å². The molecule has 2 rings (SSSR count). The van der Waals surface area contributed by atoms with Crippen LogP contribution in [0.25, 0.3) is 0 Å². The zero-order valence-electron chi connectivity index (χ0n) is 18.5. The van der Waals surface area contributed by atoms with E-state index in [2.05, 4.69) is 22.8 Å². The summed E-state index contributed by atoms with van der Waals surface area (Å²) >= 11 is 0. The van der Waals surface area contributed by atoms with Crippen LogP contribution in [0.3, 0.4) is 0 Å². The van der Waals surface area contributed by atoms with E-state index < -0.39 is 11.7 Å². The third-order valence-electron chi connectivity index (χ3n) is 5.06. The Morgan fingerprint density at radius 1 is 1.03 bits per heavy atom. The number of benzene rings is 1. The van der Waals surface area contributed by atoms with Gasteiger partial charge in [-0.25, -0.2) is 4.79 Å². The highest BCUT2D eigenvalue weighted by Gasteiger charge is 2.23. The largest absolute Gasteiger partial charge is 0.466 e. The summed E-state index contributed by atoms with van der Waals surface area (Å²) in [6.45, 7) is 7.56. The Morgan fingerprint density at radius 3 is 2.23 bits per heavy atom. The molecule has 0 heterocycles. The molecule has 0 atom stereocenters. The third-order valence-corrected chi connectivity index (χ3v) is 5.06. The van der Waals surface area contributed by atoms with E-state index in [1.165, 1.54) is 12.5 Å². The first-order valence-electron chi connectivity index (χ1n) is 10.6. The predicted molar refractivity (Wildman–Crippen MR) is 115 cm³/mol. The summed E-state index contributed by atoms with van der Waals surface area (Å²) in [5.74, 6) is 0.583. The quantitative estimate of drug-likeness (QED) is 0.641. The summed E-state index contributed by atoms with van der Waals surface area (Å²) in [6.07, 6.45) is 3.92. The predicted octanol–water partition coefficient (Wildman–Crippen LogP) is 4.38. The van der Waals surface area contributed by atoms with Crippen molar-refractivity contribution in [3.63, 3.8) is 0 Å². The van der Waals surface area contributed by atoms with Crippen LogP contribution in [-0.4, -0.2) is 36.7 Å². The number of carbonyl (C=O) groups is 3. The van der Waals surface area contributed by atoms with Gasteiger partial charge in [0.2, 0.25) is 5.91 Å². The molecule has 1 fully saturated rings. The molecule has 7 nitrogen and oxygen atoms in total. The number of ether oxygens (including phenoxy) is 2. The summed E-state index contributed by atoms with van der Waals surface area (Å²) in [4.78, 5) is 34.6. The molecule has 2 N–H and O–H groups in total. The normalized spacial score (nSPS) is 18.9. The Hall–Kier alpha value is -2.57. The second-order valence-corrected chi connectivity index (χ2v) is 8.87. The minimum atomic E-state index is -0.560. The number of nitrogens with one attached hydrogen (secondary N) is 2. The van der Waals surface area contributed by atoms with Crippen molar-refractivity contribution in [3.8, 4) is 0 Å². The summed E-state index contributed by atoms with van der Waals surface area (Å²) in [7, 11) is 0. The summed E-state index contributed by atoms with van der Waals surface area (Å²) in [6, 6.07) is 7.95. The third kappa shape index (κ3) is 8.84. The lowest BCUT2D eigenvalue weighted by atomic mass is 9.79. The Bertz CT molecular complexity index is 716. The molecular formula is C23H34N2O5. The van der Waals surface area contributed by atoms with Crippen molar-refractivity contribution in [3.05, 3.63) is 29.8 Å². The molecule has 1 aromatic carbocycles. The van der Waals surface area contributed by atoms with Crippen molar-refractivity contribution in [2.45, 2.75) is 71.3 Å². The Balaban J connectivity index is 1.71. The van der Waals surface area contributed by atoms with Crippen LogP contribution in [0, 0.1) is 5.92 Å². The Labute approximate surface area is 178 Å². The minimum Gasteiger partial charge on any atom is -0.466 e. The van der Waals surface area contributed by atoms with E-state index in [9.17, 15) is 14.4 Å². The molecule has 0 radical (unpaired) electrons. The van der Waals surface area contributed by atoms with Gasteiger partial charge < -0.3 is 20.1 Å². The van der Waals surface area contributed by atoms with Crippen LogP contribution < -0.4 is 10.6 Å². The number of esters is 1. The molecular weight excluding hydrogens is 384 g/mol. The maximum atomic E-state index is 12.1. The van der Waals surface area contributed by atoms with Gasteiger partial charge >= 0.3 is 12.1 Å². The van der Waals surface area contributed by atoms with Crippen LogP contribution in [0.4, 0.5) is 10.5 Å². The standard InChI is InChI=1S/C23H34N2O5/c1-16(26)29-15-17-5-7-18(8-6-17)19-9-11-20(12-10-19)25-21(27)13-14-24-22(28)30-23(2,3)4/h9-12,17-18H,5-8,13-15H2,1-4H3,(H,24,28)(H,25,27)/t17-,18-. The van der Waals surface area contributed by atoms with Gasteiger partial charge in [-0.3, -0.25) is 9.59 Å². The van der Waals surface area contributed by atoms with Gasteiger partial charge in [0, 0.05) is 25.6 Å². The van der Waals surface area contributed by atoms with Gasteiger partial charge in [0.25, 0.3) is 0 Å². The average molecular weight is 419 g/mol. The fourth-order valence-electron chi connectivity index (χ4n) is 3.55. The maximum Gasteiger partial charge on any atom is 0.407 e. The molecule has 2 amide bonds. The van der Waals surface area contributed by atoms with Crippen LogP contribution in [0.5, 0.6) is 0 Å². The van der Waals surface area contributed by atoms with Crippen molar-refractivity contribution in [2.75, 3.05) is 18.5 Å². The van der Waals surface area contributed by atoms with E-state index in [1.54, 1.807) is 20.8 Å². The molecule has 1 saturated carbocycles. The number of anilines is 1. The van der Waals surface area contributed by atoms with Crippen LogP contribution in [0.1, 0.15) is 71.3 Å². The number of amides is 2. The highest BCUT2D eigenvalue weighted by Crippen LogP contribution is 2.36. The molecule has 166 valence electrons. The molecule has 0 saturated heterocycles. The van der Waals surface area contributed by atoms with Crippen LogP contribution in [-0.2, 0) is 19.1 Å². The van der Waals surface area contributed by atoms with Gasteiger partial charge in [-0.1, -0.05) is 12.1 Å². The second kappa shape index (κ2) is 11.0. The molecule has 1 aliphatic rings. The van der Waals surface area contributed by atoms with E-state index in [0.717, 1.165) is 31.4 Å². The van der Waals surface area contributed by atoms with Crippen LogP contribution in [0.2, 0.25) is 0 Å². The summed E-state index contributed by atoms with van der Waals surface area (Å²) < 4.78 is 10.3. The van der Waals surface area contributed by atoms with Crippen molar-refractivity contribution >= 4 is 23.7 Å². The fraction of sp³-hybridized carbons (Fsp3) is 0.609. The molecule has 30 heavy (non-hydrogen) atoms. The minimum absolute atomic E-state index is 0.162. The van der Waals surface area contributed by atoms with Crippen molar-refractivity contribution in [2.24, 2.45) is 5.92 Å². The number of carbonyl (C=O) groups excluding carboxylic acids is 3. The van der Waals surface area contributed by atoms with E-state index in [4.69, 9.17) is 9.47 Å². The van der Waals surface area contributed by atoms with Crippen molar-refractivity contribution in [1.82, 2.24) is 5.32 Å². The van der Waals surface area contributed by atoms with E-state index in [0.29, 0.717) is 18.4 Å². The van der Waals surface area contributed by atoms with E-state index >= 15 is 0 Å². The first-order chi connectivity index (χ1) is 14.1. The fourth-order valence-corrected chi connectivity index (χ4v) is 3.55. The van der Waals surface area contributed by atoms with Gasteiger partial charge in [-0.15, -0.1) is 0 Å². The highest BCUT2D eigenvalue weighted by atomic mass is 16.6. The van der Waals surface area contributed by atoms with Crippen LogP contribution in [0.15, 0.2) is 24.3 Å². The zero-order valence-corrected chi connectivity index (χ0v) is 18.5. The first kappa shape index (κ1) is 23.7. The van der Waals surface area contributed by atoms with Gasteiger partial charge in [0.1, 0.15) is 5.60 Å². The zero-order chi connectivity index (χ0) is 22.1. The van der Waals surface area contributed by atoms with Gasteiger partial charge in [-0.05, 0) is 76.0 Å². The SMILES string of the molecule is CC(=O)OC[C@H]1CC[C@H](c2ccc(NC(=O)CCNC(=O)OC(C)(C)C)cc2)CC1. The van der Waals surface area contributed by atoms with Gasteiger partial charge in [0.05, 0.1) is 6.61 Å². The smallest absolute Gasteiger partial charge is 0.407 e. The second-order valence-electron chi connectivity index (χ2n) is 8.87. The van der Waals surface area contributed by atoms with Crippen molar-refractivity contribution < 1.29 is 23.9 Å². The Morgan fingerprint density at radius 2 is 1.67 bits per heavy atom. The first-order valence-corrected chi connectivity index (χ1v) is 10.6. The monoisotopic (exact) mass is 418 g/mol.